The molecule has 0 heterocycles. The molecule has 0 aromatic rings. The lowest BCUT2D eigenvalue weighted by Crippen LogP contribution is -2.41. The van der Waals surface area contributed by atoms with Gasteiger partial charge in [0.2, 0.25) is 5.91 Å². The third-order valence-corrected chi connectivity index (χ3v) is 3.68. The lowest BCUT2D eigenvalue weighted by Gasteiger charge is -2.11. The lowest BCUT2D eigenvalue weighted by molar-refractivity contribution is -0.122. The van der Waals surface area contributed by atoms with Gasteiger partial charge in [0.15, 0.2) is 0 Å². The predicted molar refractivity (Wildman–Crippen MR) is 73.0 cm³/mol. The van der Waals surface area contributed by atoms with E-state index in [0.717, 1.165) is 30.1 Å². The van der Waals surface area contributed by atoms with Crippen LogP contribution in [0.5, 0.6) is 0 Å². The van der Waals surface area contributed by atoms with E-state index in [0.29, 0.717) is 6.54 Å². The Morgan fingerprint density at radius 1 is 1.44 bits per heavy atom. The topological polar surface area (TPSA) is 75.4 Å². The summed E-state index contributed by atoms with van der Waals surface area (Å²) in [5.41, 5.74) is 5.70. The summed E-state index contributed by atoms with van der Waals surface area (Å²) in [6, 6.07) is -0.380. The number of hydrogen-bond donors (Lipinski definition) is 3. The van der Waals surface area contributed by atoms with E-state index < -0.39 is 0 Å². The van der Waals surface area contributed by atoms with E-state index in [9.17, 15) is 4.79 Å². The number of rotatable bonds is 10. The molecule has 0 fully saturated rings. The summed E-state index contributed by atoms with van der Waals surface area (Å²) < 4.78 is 0. The van der Waals surface area contributed by atoms with Crippen LogP contribution < -0.4 is 11.1 Å². The standard InChI is InChI=1S/C10H22N2O2S2/c1-15-7-3-9(11)10(14)12-4-8-16-6-2-5-13/h9,13H,2-8,11H2,1H3,(H,12,14)/t9-/m1/s1. The molecule has 1 amide bonds. The molecule has 0 saturated carbocycles. The minimum Gasteiger partial charge on any atom is -0.396 e. The first-order chi connectivity index (χ1) is 7.72. The molecule has 0 radical (unpaired) electrons. The van der Waals surface area contributed by atoms with Crippen molar-refractivity contribution in [2.24, 2.45) is 5.73 Å². The summed E-state index contributed by atoms with van der Waals surface area (Å²) in [6.07, 6.45) is 3.54. The fraction of sp³-hybridized carbons (Fsp3) is 0.900. The van der Waals surface area contributed by atoms with Crippen molar-refractivity contribution < 1.29 is 9.90 Å². The van der Waals surface area contributed by atoms with Crippen molar-refractivity contribution in [3.05, 3.63) is 0 Å². The third-order valence-electron chi connectivity index (χ3n) is 1.96. The zero-order valence-corrected chi connectivity index (χ0v) is 11.4. The lowest BCUT2D eigenvalue weighted by atomic mass is 10.2. The van der Waals surface area contributed by atoms with Gasteiger partial charge in [0.1, 0.15) is 0 Å². The molecule has 1 atom stereocenters. The van der Waals surface area contributed by atoms with Gasteiger partial charge in [-0.1, -0.05) is 0 Å². The SMILES string of the molecule is CSCC[C@@H](N)C(=O)NCCSCCCO. The highest BCUT2D eigenvalue weighted by atomic mass is 32.2. The van der Waals surface area contributed by atoms with Gasteiger partial charge >= 0.3 is 0 Å². The van der Waals surface area contributed by atoms with Crippen molar-refractivity contribution in [2.45, 2.75) is 18.9 Å². The Bertz CT molecular complexity index is 182. The van der Waals surface area contributed by atoms with Crippen molar-refractivity contribution >= 4 is 29.4 Å². The number of aliphatic hydroxyl groups excluding tert-OH is 1. The number of nitrogens with two attached hydrogens (primary N) is 1. The van der Waals surface area contributed by atoms with Gasteiger partial charge in [0.25, 0.3) is 0 Å². The van der Waals surface area contributed by atoms with E-state index in [4.69, 9.17) is 10.8 Å². The molecule has 0 aromatic heterocycles. The molecule has 96 valence electrons. The van der Waals surface area contributed by atoms with Crippen molar-refractivity contribution in [1.29, 1.82) is 0 Å². The molecular weight excluding hydrogens is 244 g/mol. The summed E-state index contributed by atoms with van der Waals surface area (Å²) in [4.78, 5) is 11.4. The highest BCUT2D eigenvalue weighted by molar-refractivity contribution is 7.99. The zero-order valence-electron chi connectivity index (χ0n) is 9.78. The third kappa shape index (κ3) is 9.33. The van der Waals surface area contributed by atoms with Crippen molar-refractivity contribution in [3.63, 3.8) is 0 Å². The summed E-state index contributed by atoms with van der Waals surface area (Å²) >= 11 is 3.43. The minimum absolute atomic E-state index is 0.0585. The fourth-order valence-electron chi connectivity index (χ4n) is 1.02. The van der Waals surface area contributed by atoms with Gasteiger partial charge in [-0.25, -0.2) is 0 Å². The summed E-state index contributed by atoms with van der Waals surface area (Å²) in [5, 5.41) is 11.4. The molecule has 0 unspecified atom stereocenters. The van der Waals surface area contributed by atoms with Crippen molar-refractivity contribution in [1.82, 2.24) is 5.32 Å². The van der Waals surface area contributed by atoms with Gasteiger partial charge in [-0.2, -0.15) is 23.5 Å². The number of nitrogens with one attached hydrogen (secondary N) is 1. The Hall–Kier alpha value is 0.0900. The normalized spacial score (nSPS) is 12.4. The molecule has 0 aromatic carbocycles. The van der Waals surface area contributed by atoms with E-state index in [2.05, 4.69) is 5.32 Å². The maximum absolute atomic E-state index is 11.4. The van der Waals surface area contributed by atoms with E-state index in [1.807, 2.05) is 6.26 Å². The second-order valence-corrected chi connectivity index (χ2v) is 5.58. The number of aliphatic hydroxyl groups is 1. The van der Waals surface area contributed by atoms with Crippen LogP contribution in [-0.4, -0.2) is 53.7 Å². The van der Waals surface area contributed by atoms with Gasteiger partial charge < -0.3 is 16.2 Å². The maximum atomic E-state index is 11.4. The average Bonchev–Trinajstić information content (AvgIpc) is 2.30. The van der Waals surface area contributed by atoms with Crippen LogP contribution >= 0.6 is 23.5 Å². The van der Waals surface area contributed by atoms with Crippen LogP contribution in [-0.2, 0) is 4.79 Å². The van der Waals surface area contributed by atoms with Gasteiger partial charge in [-0.05, 0) is 30.6 Å². The van der Waals surface area contributed by atoms with Crippen LogP contribution in [0.4, 0.5) is 0 Å². The molecule has 4 nitrogen and oxygen atoms in total. The average molecular weight is 266 g/mol. The van der Waals surface area contributed by atoms with Crippen LogP contribution in [0.15, 0.2) is 0 Å². The molecule has 0 saturated heterocycles. The first-order valence-corrected chi connectivity index (χ1v) is 7.98. The fourth-order valence-corrected chi connectivity index (χ4v) is 2.30. The summed E-state index contributed by atoms with van der Waals surface area (Å²) in [5.74, 6) is 2.67. The number of hydrogen-bond acceptors (Lipinski definition) is 5. The highest BCUT2D eigenvalue weighted by Gasteiger charge is 2.11. The maximum Gasteiger partial charge on any atom is 0.236 e. The van der Waals surface area contributed by atoms with Crippen LogP contribution in [0.2, 0.25) is 0 Å². The van der Waals surface area contributed by atoms with E-state index in [1.165, 1.54) is 0 Å². The zero-order chi connectivity index (χ0) is 12.2. The van der Waals surface area contributed by atoms with E-state index in [-0.39, 0.29) is 18.6 Å². The Morgan fingerprint density at radius 2 is 2.19 bits per heavy atom. The van der Waals surface area contributed by atoms with Gasteiger partial charge in [-0.3, -0.25) is 4.79 Å². The van der Waals surface area contributed by atoms with E-state index in [1.54, 1.807) is 23.5 Å². The summed E-state index contributed by atoms with van der Waals surface area (Å²) in [7, 11) is 0. The second kappa shape index (κ2) is 11.6. The highest BCUT2D eigenvalue weighted by Crippen LogP contribution is 2.01. The first-order valence-electron chi connectivity index (χ1n) is 5.43. The number of carbonyl (C=O) groups is 1. The molecule has 4 N–H and O–H groups in total. The van der Waals surface area contributed by atoms with Crippen LogP contribution in [0.1, 0.15) is 12.8 Å². The second-order valence-electron chi connectivity index (χ2n) is 3.37. The minimum atomic E-state index is -0.380. The molecule has 0 bridgehead atoms. The van der Waals surface area contributed by atoms with Crippen LogP contribution in [0.3, 0.4) is 0 Å². The molecule has 16 heavy (non-hydrogen) atoms. The quantitative estimate of drug-likeness (QED) is 0.496. The molecular formula is C10H22N2O2S2. The number of thioether (sulfide) groups is 2. The van der Waals surface area contributed by atoms with Crippen molar-refractivity contribution in [3.8, 4) is 0 Å². The van der Waals surface area contributed by atoms with Gasteiger partial charge in [-0.15, -0.1) is 0 Å². The first kappa shape index (κ1) is 16.1. The Balaban J connectivity index is 3.35. The molecule has 0 aliphatic rings. The van der Waals surface area contributed by atoms with Gasteiger partial charge in [0, 0.05) is 18.9 Å². The van der Waals surface area contributed by atoms with Crippen LogP contribution in [0, 0.1) is 0 Å². The Labute approximate surface area is 106 Å². The molecule has 0 spiro atoms. The molecule has 0 rings (SSSR count). The van der Waals surface area contributed by atoms with Crippen molar-refractivity contribution in [2.75, 3.05) is 36.7 Å². The Kier molecular flexibility index (Phi) is 11.6. The monoisotopic (exact) mass is 266 g/mol. The smallest absolute Gasteiger partial charge is 0.236 e. The van der Waals surface area contributed by atoms with E-state index >= 15 is 0 Å². The molecule has 6 heteroatoms. The van der Waals surface area contributed by atoms with Gasteiger partial charge in [0.05, 0.1) is 6.04 Å². The van der Waals surface area contributed by atoms with Crippen LogP contribution in [0.25, 0.3) is 0 Å². The predicted octanol–water partition coefficient (Wildman–Crippen LogP) is 0.299. The summed E-state index contributed by atoms with van der Waals surface area (Å²) in [6.45, 7) is 0.890. The number of amides is 1. The number of carbonyl (C=O) groups excluding carboxylic acids is 1. The molecule has 0 aliphatic carbocycles. The Morgan fingerprint density at radius 3 is 2.81 bits per heavy atom. The molecule has 0 aliphatic heterocycles. The largest absolute Gasteiger partial charge is 0.396 e.